The third-order valence-electron chi connectivity index (χ3n) is 6.74. The van der Waals surface area contributed by atoms with E-state index in [1.807, 2.05) is 36.4 Å². The van der Waals surface area contributed by atoms with Gasteiger partial charge in [-0.3, -0.25) is 14.6 Å². The van der Waals surface area contributed by atoms with E-state index in [-0.39, 0.29) is 12.6 Å². The smallest absolute Gasteiger partial charge is 0.494 e. The largest absolute Gasteiger partial charge is 0.510 e. The highest BCUT2D eigenvalue weighted by atomic mass is 35.5. The zero-order valence-corrected chi connectivity index (χ0v) is 24.4. The Hall–Kier alpha value is -2.68. The van der Waals surface area contributed by atoms with Crippen LogP contribution in [0.4, 0.5) is 16.2 Å². The van der Waals surface area contributed by atoms with Crippen molar-refractivity contribution in [2.75, 3.05) is 55.9 Å². The number of benzene rings is 2. The van der Waals surface area contributed by atoms with Gasteiger partial charge >= 0.3 is 6.16 Å². The van der Waals surface area contributed by atoms with E-state index in [0.29, 0.717) is 40.9 Å². The summed E-state index contributed by atoms with van der Waals surface area (Å²) in [4.78, 5) is 30.8. The first kappa shape index (κ1) is 29.3. The molecular weight excluding hydrogens is 541 g/mol. The van der Waals surface area contributed by atoms with Crippen molar-refractivity contribution in [3.05, 3.63) is 52.0 Å². The second-order valence-electron chi connectivity index (χ2n) is 10.8. The predicted octanol–water partition coefficient (Wildman–Crippen LogP) is 6.16. The molecule has 2 aromatic carbocycles. The van der Waals surface area contributed by atoms with Gasteiger partial charge in [0, 0.05) is 38.7 Å². The summed E-state index contributed by atoms with van der Waals surface area (Å²) < 4.78 is 16.4. The number of aryl methyl sites for hydroxylation is 1. The van der Waals surface area contributed by atoms with Gasteiger partial charge in [-0.15, -0.1) is 0 Å². The lowest BCUT2D eigenvalue weighted by Crippen LogP contribution is -2.46. The van der Waals surface area contributed by atoms with E-state index >= 15 is 0 Å². The Kier molecular flexibility index (Phi) is 9.86. The lowest BCUT2D eigenvalue weighted by atomic mass is 10.0. The molecule has 0 bridgehead atoms. The van der Waals surface area contributed by atoms with Crippen molar-refractivity contribution in [1.29, 1.82) is 0 Å². The number of fused-ring (bicyclic) bond motifs is 1. The molecule has 10 heteroatoms. The lowest BCUT2D eigenvalue weighted by molar-refractivity contribution is -0.119. The molecular formula is C29H37Cl2N3O5. The van der Waals surface area contributed by atoms with Gasteiger partial charge in [-0.25, -0.2) is 4.79 Å². The molecule has 0 saturated carbocycles. The van der Waals surface area contributed by atoms with Crippen LogP contribution in [0.15, 0.2) is 36.4 Å². The molecule has 0 spiro atoms. The van der Waals surface area contributed by atoms with Gasteiger partial charge in [0.15, 0.2) is 6.73 Å². The zero-order valence-electron chi connectivity index (χ0n) is 22.9. The molecule has 8 nitrogen and oxygen atoms in total. The standard InChI is InChI=1S/C29H37Cl2N3O5/c1-29(2,3)39-28(36)38-20-34-25-19-22(11-9-21(25)10-12-26(34)35)37-18-5-4-13-32-14-16-33(17-15-32)24-8-6-7-23(30)27(24)31/h6-9,11,19H,4-5,10,12-18,20H2,1-3H3. The van der Waals surface area contributed by atoms with Crippen LogP contribution in [0, 0.1) is 0 Å². The highest BCUT2D eigenvalue weighted by Crippen LogP contribution is 2.33. The molecule has 39 heavy (non-hydrogen) atoms. The Morgan fingerprint density at radius 2 is 1.74 bits per heavy atom. The van der Waals surface area contributed by atoms with E-state index in [1.165, 1.54) is 4.90 Å². The first-order valence-electron chi connectivity index (χ1n) is 13.4. The highest BCUT2D eigenvalue weighted by molar-refractivity contribution is 6.43. The first-order valence-corrected chi connectivity index (χ1v) is 14.2. The third kappa shape index (κ3) is 8.16. The van der Waals surface area contributed by atoms with Gasteiger partial charge in [0.25, 0.3) is 0 Å². The number of carbonyl (C=O) groups excluding carboxylic acids is 2. The minimum Gasteiger partial charge on any atom is -0.494 e. The van der Waals surface area contributed by atoms with Crippen LogP contribution in [0.25, 0.3) is 0 Å². The van der Waals surface area contributed by atoms with Crippen molar-refractivity contribution >= 4 is 46.6 Å². The maximum absolute atomic E-state index is 12.6. The highest BCUT2D eigenvalue weighted by Gasteiger charge is 2.27. The molecule has 0 unspecified atom stereocenters. The van der Waals surface area contributed by atoms with Crippen molar-refractivity contribution in [1.82, 2.24) is 4.90 Å². The summed E-state index contributed by atoms with van der Waals surface area (Å²) in [5, 5.41) is 1.21. The zero-order chi connectivity index (χ0) is 28.0. The molecule has 2 aromatic rings. The molecule has 1 saturated heterocycles. The average Bonchev–Trinajstić information content (AvgIpc) is 2.89. The number of unbranched alkanes of at least 4 members (excludes halogenated alkanes) is 1. The van der Waals surface area contributed by atoms with Crippen LogP contribution < -0.4 is 14.5 Å². The lowest BCUT2D eigenvalue weighted by Gasteiger charge is -2.36. The number of halogens is 2. The van der Waals surface area contributed by atoms with E-state index in [1.54, 1.807) is 20.8 Å². The topological polar surface area (TPSA) is 71.5 Å². The van der Waals surface area contributed by atoms with Crippen LogP contribution in [-0.2, 0) is 20.7 Å². The number of rotatable bonds is 9. The van der Waals surface area contributed by atoms with Crippen LogP contribution in [0.5, 0.6) is 5.75 Å². The van der Waals surface area contributed by atoms with Crippen LogP contribution in [0.1, 0.15) is 45.6 Å². The average molecular weight is 579 g/mol. The molecule has 0 aliphatic carbocycles. The second-order valence-corrected chi connectivity index (χ2v) is 11.6. The number of nitrogens with zero attached hydrogens (tertiary/aromatic N) is 3. The summed E-state index contributed by atoms with van der Waals surface area (Å²) >= 11 is 12.6. The number of carbonyl (C=O) groups is 2. The minimum absolute atomic E-state index is 0.0964. The number of hydrogen-bond donors (Lipinski definition) is 0. The summed E-state index contributed by atoms with van der Waals surface area (Å²) in [5.41, 5.74) is 2.07. The maximum atomic E-state index is 12.6. The summed E-state index contributed by atoms with van der Waals surface area (Å²) in [6.45, 7) is 10.5. The van der Waals surface area contributed by atoms with Crippen LogP contribution in [0.3, 0.4) is 0 Å². The van der Waals surface area contributed by atoms with Gasteiger partial charge in [-0.05, 0) is 70.3 Å². The summed E-state index contributed by atoms with van der Waals surface area (Å²) in [6, 6.07) is 11.5. The molecule has 212 valence electrons. The predicted molar refractivity (Wildman–Crippen MR) is 154 cm³/mol. The van der Waals surface area contributed by atoms with E-state index in [0.717, 1.165) is 56.8 Å². The molecule has 2 heterocycles. The molecule has 2 aliphatic rings. The fourth-order valence-electron chi connectivity index (χ4n) is 4.72. The fraction of sp³-hybridized carbons (Fsp3) is 0.517. The monoisotopic (exact) mass is 577 g/mol. The van der Waals surface area contributed by atoms with Gasteiger partial charge in [-0.2, -0.15) is 0 Å². The fourth-order valence-corrected chi connectivity index (χ4v) is 5.14. The van der Waals surface area contributed by atoms with E-state index < -0.39 is 11.8 Å². The number of piperazine rings is 1. The van der Waals surface area contributed by atoms with Gasteiger partial charge in [0.05, 0.1) is 28.0 Å². The quantitative estimate of drug-likeness (QED) is 0.261. The minimum atomic E-state index is -0.801. The van der Waals surface area contributed by atoms with Gasteiger partial charge < -0.3 is 19.1 Å². The molecule has 2 aliphatic heterocycles. The van der Waals surface area contributed by atoms with E-state index in [4.69, 9.17) is 37.4 Å². The van der Waals surface area contributed by atoms with Gasteiger partial charge in [0.1, 0.15) is 11.4 Å². The Balaban J connectivity index is 1.20. The Morgan fingerprint density at radius 1 is 0.974 bits per heavy atom. The maximum Gasteiger partial charge on any atom is 0.510 e. The normalized spacial score (nSPS) is 16.2. The Morgan fingerprint density at radius 3 is 2.49 bits per heavy atom. The van der Waals surface area contributed by atoms with Crippen molar-refractivity contribution < 1.29 is 23.8 Å². The van der Waals surface area contributed by atoms with Crippen molar-refractivity contribution in [2.24, 2.45) is 0 Å². The molecule has 0 N–H and O–H groups in total. The molecule has 0 radical (unpaired) electrons. The van der Waals surface area contributed by atoms with E-state index in [2.05, 4.69) is 9.80 Å². The molecule has 4 rings (SSSR count). The second kappa shape index (κ2) is 13.1. The van der Waals surface area contributed by atoms with Gasteiger partial charge in [-0.1, -0.05) is 35.3 Å². The molecule has 0 atom stereocenters. The van der Waals surface area contributed by atoms with Crippen LogP contribution >= 0.6 is 23.2 Å². The summed E-state index contributed by atoms with van der Waals surface area (Å²) in [7, 11) is 0. The van der Waals surface area contributed by atoms with Crippen molar-refractivity contribution in [3.63, 3.8) is 0 Å². The Labute approximate surface area is 240 Å². The number of ether oxygens (including phenoxy) is 3. The third-order valence-corrected chi connectivity index (χ3v) is 7.55. The first-order chi connectivity index (χ1) is 18.6. The summed E-state index contributed by atoms with van der Waals surface area (Å²) in [6.07, 6.45) is 2.16. The number of anilines is 2. The SMILES string of the molecule is CC(C)(C)OC(=O)OCN1C(=O)CCc2ccc(OCCCCN3CCN(c4cccc(Cl)c4Cl)CC3)cc21. The molecule has 1 fully saturated rings. The molecule has 1 amide bonds. The Bertz CT molecular complexity index is 1160. The number of hydrogen-bond acceptors (Lipinski definition) is 7. The van der Waals surface area contributed by atoms with Crippen molar-refractivity contribution in [2.45, 2.75) is 52.1 Å². The van der Waals surface area contributed by atoms with E-state index in [9.17, 15) is 9.59 Å². The van der Waals surface area contributed by atoms with Gasteiger partial charge in [0.2, 0.25) is 5.91 Å². The number of amides is 1. The summed E-state index contributed by atoms with van der Waals surface area (Å²) in [5.74, 6) is 0.596. The van der Waals surface area contributed by atoms with Crippen LogP contribution in [-0.4, -0.2) is 68.6 Å². The van der Waals surface area contributed by atoms with Crippen molar-refractivity contribution in [3.8, 4) is 5.75 Å². The van der Waals surface area contributed by atoms with Crippen LogP contribution in [0.2, 0.25) is 10.0 Å². The molecule has 0 aromatic heterocycles.